The molecule has 0 bridgehead atoms. The van der Waals surface area contributed by atoms with Crippen molar-refractivity contribution in [3.63, 3.8) is 0 Å². The Morgan fingerprint density at radius 3 is 2.50 bits per heavy atom. The molecule has 2 rings (SSSR count). The van der Waals surface area contributed by atoms with Gasteiger partial charge in [0.25, 0.3) is 0 Å². The van der Waals surface area contributed by atoms with Gasteiger partial charge in [-0.25, -0.2) is 0 Å². The van der Waals surface area contributed by atoms with Crippen LogP contribution in [0.15, 0.2) is 41.4 Å². The lowest BCUT2D eigenvalue weighted by atomic mass is 10.00. The van der Waals surface area contributed by atoms with Crippen LogP contribution >= 0.6 is 0 Å². The van der Waals surface area contributed by atoms with Crippen molar-refractivity contribution in [2.24, 2.45) is 4.99 Å². The van der Waals surface area contributed by atoms with Crippen LogP contribution in [0.1, 0.15) is 18.1 Å². The molecule has 0 spiro atoms. The third-order valence-electron chi connectivity index (χ3n) is 2.80. The average molecular weight is 213 g/mol. The monoisotopic (exact) mass is 213 g/mol. The molecule has 0 fully saturated rings. The Hall–Kier alpha value is -1.70. The van der Waals surface area contributed by atoms with E-state index in [4.69, 9.17) is 0 Å². The highest BCUT2D eigenvalue weighted by molar-refractivity contribution is 6.01. The summed E-state index contributed by atoms with van der Waals surface area (Å²) in [5.41, 5.74) is 2.49. The molecule has 16 heavy (non-hydrogen) atoms. The number of benzene rings is 1. The summed E-state index contributed by atoms with van der Waals surface area (Å²) in [5, 5.41) is 0. The van der Waals surface area contributed by atoms with Crippen LogP contribution in [0.3, 0.4) is 0 Å². The first-order valence-corrected chi connectivity index (χ1v) is 5.61. The fraction of sp³-hybridized carbons (Fsp3) is 0.286. The molecule has 1 unspecified atom stereocenters. The molecule has 1 aliphatic rings. The second-order valence-electron chi connectivity index (χ2n) is 3.95. The number of nitrogens with zero attached hydrogens (tertiary/aromatic N) is 1. The molecule has 0 saturated heterocycles. The highest BCUT2D eigenvalue weighted by Gasteiger charge is 2.16. The van der Waals surface area contributed by atoms with E-state index in [0.717, 1.165) is 6.42 Å². The predicted molar refractivity (Wildman–Crippen MR) is 66.0 cm³/mol. The maximum atomic E-state index is 11.5. The van der Waals surface area contributed by atoms with Gasteiger partial charge in [0, 0.05) is 12.6 Å². The zero-order chi connectivity index (χ0) is 11.4. The van der Waals surface area contributed by atoms with Gasteiger partial charge < -0.3 is 0 Å². The number of hydrogen-bond acceptors (Lipinski definition) is 2. The Morgan fingerprint density at radius 1 is 1.19 bits per heavy atom. The van der Waals surface area contributed by atoms with Gasteiger partial charge in [0.15, 0.2) is 5.78 Å². The highest BCUT2D eigenvalue weighted by Crippen LogP contribution is 2.11. The SMILES string of the molecule is CCc1ccc(CC2N=CC=CC2=O)cc1. The van der Waals surface area contributed by atoms with Crippen molar-refractivity contribution in [3.8, 4) is 0 Å². The van der Waals surface area contributed by atoms with Crippen molar-refractivity contribution in [2.75, 3.05) is 0 Å². The summed E-state index contributed by atoms with van der Waals surface area (Å²) in [4.78, 5) is 15.7. The number of allylic oxidation sites excluding steroid dienone is 1. The van der Waals surface area contributed by atoms with Gasteiger partial charge in [-0.2, -0.15) is 0 Å². The maximum absolute atomic E-state index is 11.5. The van der Waals surface area contributed by atoms with Gasteiger partial charge in [0.2, 0.25) is 0 Å². The molecule has 1 aromatic carbocycles. The standard InChI is InChI=1S/C14H15NO/c1-2-11-5-7-12(8-6-11)10-13-14(16)4-3-9-15-13/h3-9,13H,2,10H2,1H3. The van der Waals surface area contributed by atoms with Crippen LogP contribution in [0.4, 0.5) is 0 Å². The number of rotatable bonds is 3. The molecule has 0 amide bonds. The highest BCUT2D eigenvalue weighted by atomic mass is 16.1. The minimum Gasteiger partial charge on any atom is -0.292 e. The lowest BCUT2D eigenvalue weighted by molar-refractivity contribution is -0.115. The first-order valence-electron chi connectivity index (χ1n) is 5.61. The summed E-state index contributed by atoms with van der Waals surface area (Å²) in [6.45, 7) is 2.13. The van der Waals surface area contributed by atoms with Crippen molar-refractivity contribution >= 4 is 12.0 Å². The Labute approximate surface area is 95.7 Å². The van der Waals surface area contributed by atoms with Crippen LogP contribution in [0.25, 0.3) is 0 Å². The molecular weight excluding hydrogens is 198 g/mol. The smallest absolute Gasteiger partial charge is 0.180 e. The summed E-state index contributed by atoms with van der Waals surface area (Å²) in [7, 11) is 0. The molecule has 2 nitrogen and oxygen atoms in total. The minimum absolute atomic E-state index is 0.0991. The van der Waals surface area contributed by atoms with E-state index in [1.807, 2.05) is 0 Å². The van der Waals surface area contributed by atoms with Gasteiger partial charge >= 0.3 is 0 Å². The van der Waals surface area contributed by atoms with E-state index < -0.39 is 0 Å². The first kappa shape index (κ1) is 10.8. The third kappa shape index (κ3) is 2.45. The molecule has 0 aromatic heterocycles. The second-order valence-corrected chi connectivity index (χ2v) is 3.95. The minimum atomic E-state index is -0.225. The summed E-state index contributed by atoms with van der Waals surface area (Å²) < 4.78 is 0. The van der Waals surface area contributed by atoms with Gasteiger partial charge in [-0.05, 0) is 29.7 Å². The van der Waals surface area contributed by atoms with E-state index in [2.05, 4.69) is 36.2 Å². The number of hydrogen-bond donors (Lipinski definition) is 0. The van der Waals surface area contributed by atoms with Crippen LogP contribution in [-0.2, 0) is 17.6 Å². The van der Waals surface area contributed by atoms with E-state index in [1.54, 1.807) is 18.4 Å². The van der Waals surface area contributed by atoms with Crippen LogP contribution in [0.2, 0.25) is 0 Å². The molecule has 1 aliphatic heterocycles. The van der Waals surface area contributed by atoms with Crippen molar-refractivity contribution in [2.45, 2.75) is 25.8 Å². The summed E-state index contributed by atoms with van der Waals surface area (Å²) >= 11 is 0. The predicted octanol–water partition coefficient (Wildman–Crippen LogP) is 2.37. The quantitative estimate of drug-likeness (QED) is 0.758. The van der Waals surface area contributed by atoms with Crippen LogP contribution in [-0.4, -0.2) is 18.0 Å². The Morgan fingerprint density at radius 2 is 1.88 bits per heavy atom. The summed E-state index contributed by atoms with van der Waals surface area (Å²) in [6.07, 6.45) is 6.73. The van der Waals surface area contributed by atoms with Crippen molar-refractivity contribution < 1.29 is 4.79 Å². The number of dihydropyridines is 1. The Bertz CT molecular complexity index is 429. The second kappa shape index (κ2) is 4.88. The zero-order valence-electron chi connectivity index (χ0n) is 9.39. The summed E-state index contributed by atoms with van der Waals surface area (Å²) in [6, 6.07) is 8.17. The zero-order valence-corrected chi connectivity index (χ0v) is 9.39. The first-order chi connectivity index (χ1) is 7.79. The van der Waals surface area contributed by atoms with Crippen LogP contribution < -0.4 is 0 Å². The van der Waals surface area contributed by atoms with E-state index in [1.165, 1.54) is 11.1 Å². The fourth-order valence-corrected chi connectivity index (χ4v) is 1.76. The lowest BCUT2D eigenvalue weighted by Crippen LogP contribution is -2.21. The van der Waals surface area contributed by atoms with Gasteiger partial charge in [0.1, 0.15) is 6.04 Å². The number of aliphatic imine (C=N–C) groups is 1. The number of carbonyl (C=O) groups excluding carboxylic acids is 1. The van der Waals surface area contributed by atoms with Crippen molar-refractivity contribution in [3.05, 3.63) is 47.5 Å². The molecule has 1 aromatic rings. The van der Waals surface area contributed by atoms with Gasteiger partial charge in [0.05, 0.1) is 0 Å². The van der Waals surface area contributed by atoms with E-state index in [-0.39, 0.29) is 11.8 Å². The van der Waals surface area contributed by atoms with E-state index >= 15 is 0 Å². The third-order valence-corrected chi connectivity index (χ3v) is 2.80. The molecule has 0 saturated carbocycles. The van der Waals surface area contributed by atoms with Crippen LogP contribution in [0, 0.1) is 0 Å². The Balaban J connectivity index is 2.06. The van der Waals surface area contributed by atoms with Crippen molar-refractivity contribution in [1.82, 2.24) is 0 Å². The summed E-state index contributed by atoms with van der Waals surface area (Å²) in [5.74, 6) is 0.0991. The molecule has 0 radical (unpaired) electrons. The average Bonchev–Trinajstić information content (AvgIpc) is 2.33. The molecule has 1 heterocycles. The number of carbonyl (C=O) groups is 1. The molecule has 2 heteroatoms. The van der Waals surface area contributed by atoms with Crippen molar-refractivity contribution in [1.29, 1.82) is 0 Å². The van der Waals surface area contributed by atoms with E-state index in [0.29, 0.717) is 6.42 Å². The topological polar surface area (TPSA) is 29.4 Å². The normalized spacial score (nSPS) is 19.1. The Kier molecular flexibility index (Phi) is 3.30. The van der Waals surface area contributed by atoms with Crippen LogP contribution in [0.5, 0.6) is 0 Å². The number of ketones is 1. The molecule has 82 valence electrons. The van der Waals surface area contributed by atoms with Gasteiger partial charge in [-0.15, -0.1) is 0 Å². The molecule has 0 N–H and O–H groups in total. The molecular formula is C14H15NO. The largest absolute Gasteiger partial charge is 0.292 e. The van der Waals surface area contributed by atoms with E-state index in [9.17, 15) is 4.79 Å². The fourth-order valence-electron chi connectivity index (χ4n) is 1.76. The lowest BCUT2D eigenvalue weighted by Gasteiger charge is -2.11. The van der Waals surface area contributed by atoms with Gasteiger partial charge in [-0.1, -0.05) is 31.2 Å². The molecule has 1 atom stereocenters. The maximum Gasteiger partial charge on any atom is 0.180 e. The number of aryl methyl sites for hydroxylation is 1. The van der Waals surface area contributed by atoms with Gasteiger partial charge in [-0.3, -0.25) is 9.79 Å². The molecule has 0 aliphatic carbocycles.